The maximum atomic E-state index is 12.0. The van der Waals surface area contributed by atoms with E-state index in [4.69, 9.17) is 9.47 Å². The molecule has 1 unspecified atom stereocenters. The largest absolute Gasteiger partial charge is 0.455 e. The van der Waals surface area contributed by atoms with Crippen LogP contribution in [-0.4, -0.2) is 47.3 Å². The van der Waals surface area contributed by atoms with Crippen LogP contribution in [0.4, 0.5) is 0 Å². The number of imidazole rings is 1. The number of rotatable bonds is 6. The lowest BCUT2D eigenvalue weighted by molar-refractivity contribution is 0.193. The molecular formula is C23H22N4O4S. The van der Waals surface area contributed by atoms with E-state index in [1.807, 2.05) is 30.3 Å². The van der Waals surface area contributed by atoms with E-state index in [-0.39, 0.29) is 16.7 Å². The summed E-state index contributed by atoms with van der Waals surface area (Å²) < 4.78 is 35.8. The van der Waals surface area contributed by atoms with Gasteiger partial charge in [0.15, 0.2) is 20.7 Å². The molecule has 0 spiro atoms. The van der Waals surface area contributed by atoms with E-state index in [2.05, 4.69) is 19.9 Å². The number of hydrogen-bond acceptors (Lipinski definition) is 7. The van der Waals surface area contributed by atoms with Crippen LogP contribution in [0.2, 0.25) is 0 Å². The van der Waals surface area contributed by atoms with Crippen LogP contribution in [0.1, 0.15) is 24.8 Å². The summed E-state index contributed by atoms with van der Waals surface area (Å²) in [4.78, 5) is 16.5. The lowest BCUT2D eigenvalue weighted by Crippen LogP contribution is -2.06. The summed E-state index contributed by atoms with van der Waals surface area (Å²) in [6.45, 7) is 2.92. The van der Waals surface area contributed by atoms with Crippen molar-refractivity contribution >= 4 is 20.9 Å². The Bertz CT molecular complexity index is 1350. The maximum Gasteiger partial charge on any atom is 0.195 e. The Morgan fingerprint density at radius 2 is 2.09 bits per heavy atom. The van der Waals surface area contributed by atoms with Crippen molar-refractivity contribution in [3.05, 3.63) is 60.4 Å². The van der Waals surface area contributed by atoms with E-state index in [0.29, 0.717) is 30.5 Å². The smallest absolute Gasteiger partial charge is 0.195 e. The van der Waals surface area contributed by atoms with E-state index >= 15 is 0 Å². The fourth-order valence-corrected chi connectivity index (χ4v) is 4.54. The first-order valence-electron chi connectivity index (χ1n) is 10.4. The highest BCUT2D eigenvalue weighted by Gasteiger charge is 2.24. The summed E-state index contributed by atoms with van der Waals surface area (Å²) in [5.41, 5.74) is 3.41. The van der Waals surface area contributed by atoms with Crippen molar-refractivity contribution in [2.24, 2.45) is 0 Å². The van der Waals surface area contributed by atoms with E-state index in [0.717, 1.165) is 28.7 Å². The fourth-order valence-electron chi connectivity index (χ4n) is 3.75. The van der Waals surface area contributed by atoms with E-state index in [1.54, 1.807) is 19.2 Å². The van der Waals surface area contributed by atoms with Gasteiger partial charge < -0.3 is 14.5 Å². The van der Waals surface area contributed by atoms with Crippen molar-refractivity contribution in [1.29, 1.82) is 0 Å². The second-order valence-corrected chi connectivity index (χ2v) is 9.83. The Labute approximate surface area is 185 Å². The van der Waals surface area contributed by atoms with Gasteiger partial charge in [-0.3, -0.25) is 4.98 Å². The molecule has 1 saturated heterocycles. The summed E-state index contributed by atoms with van der Waals surface area (Å²) >= 11 is 0. The molecule has 1 atom stereocenters. The van der Waals surface area contributed by atoms with Crippen molar-refractivity contribution in [1.82, 2.24) is 19.9 Å². The predicted octanol–water partition coefficient (Wildman–Crippen LogP) is 4.11. The average Bonchev–Trinajstić information content (AvgIpc) is 3.49. The lowest BCUT2D eigenvalue weighted by Gasteiger charge is -2.15. The van der Waals surface area contributed by atoms with Crippen LogP contribution in [-0.2, 0) is 14.6 Å². The van der Waals surface area contributed by atoms with E-state index < -0.39 is 9.84 Å². The standard InChI is InChI=1S/C23H22N4O4S/c1-2-32(28,29)22-7-6-16(13-25-22)31-21-12-20-19(11-17(21)15-8-10-30-14-15)26-23(27-20)18-5-3-4-9-24-18/h3-7,9,11-13,15H,2,8,10,14H2,1H3,(H,26,27). The van der Waals surface area contributed by atoms with Crippen LogP contribution >= 0.6 is 0 Å². The van der Waals surface area contributed by atoms with Crippen LogP contribution in [0.25, 0.3) is 22.6 Å². The molecule has 0 bridgehead atoms. The zero-order valence-corrected chi connectivity index (χ0v) is 18.3. The Hall–Kier alpha value is -3.30. The van der Waals surface area contributed by atoms with E-state index in [1.165, 1.54) is 12.3 Å². The molecule has 1 fully saturated rings. The van der Waals surface area contributed by atoms with Crippen LogP contribution in [0.15, 0.2) is 59.9 Å². The molecule has 0 saturated carbocycles. The third-order valence-corrected chi connectivity index (χ3v) is 7.17. The monoisotopic (exact) mass is 450 g/mol. The van der Waals surface area contributed by atoms with Gasteiger partial charge in [-0.05, 0) is 36.8 Å². The molecule has 32 heavy (non-hydrogen) atoms. The molecule has 164 valence electrons. The van der Waals surface area contributed by atoms with Gasteiger partial charge in [-0.2, -0.15) is 0 Å². The molecule has 0 amide bonds. The highest BCUT2D eigenvalue weighted by atomic mass is 32.2. The highest BCUT2D eigenvalue weighted by molar-refractivity contribution is 7.91. The quantitative estimate of drug-likeness (QED) is 0.471. The summed E-state index contributed by atoms with van der Waals surface area (Å²) in [6, 6.07) is 12.7. The number of pyridine rings is 2. The molecule has 0 aliphatic carbocycles. The number of benzene rings is 1. The minimum absolute atomic E-state index is 0.000459. The zero-order chi connectivity index (χ0) is 22.1. The maximum absolute atomic E-state index is 12.0. The molecule has 3 aromatic heterocycles. The number of aromatic nitrogens is 4. The number of H-pyrrole nitrogens is 1. The summed E-state index contributed by atoms with van der Waals surface area (Å²) in [5, 5.41) is 0.0412. The number of hydrogen-bond donors (Lipinski definition) is 1. The average molecular weight is 451 g/mol. The molecular weight excluding hydrogens is 428 g/mol. The van der Waals surface area contributed by atoms with Gasteiger partial charge in [0.25, 0.3) is 0 Å². The van der Waals surface area contributed by atoms with Crippen LogP contribution in [0.5, 0.6) is 11.5 Å². The first kappa shape index (κ1) is 20.6. The van der Waals surface area contributed by atoms with E-state index in [9.17, 15) is 8.42 Å². The Balaban J connectivity index is 1.53. The molecule has 5 rings (SSSR count). The number of nitrogens with zero attached hydrogens (tertiary/aromatic N) is 3. The first-order valence-corrected chi connectivity index (χ1v) is 12.1. The highest BCUT2D eigenvalue weighted by Crippen LogP contribution is 2.38. The number of ether oxygens (including phenoxy) is 2. The van der Waals surface area contributed by atoms with Gasteiger partial charge in [-0.25, -0.2) is 18.4 Å². The number of nitrogens with one attached hydrogen (secondary N) is 1. The molecule has 1 aromatic carbocycles. The normalized spacial score (nSPS) is 16.5. The Morgan fingerprint density at radius 3 is 2.78 bits per heavy atom. The molecule has 1 aliphatic rings. The van der Waals surface area contributed by atoms with Crippen LogP contribution in [0.3, 0.4) is 0 Å². The fraction of sp³-hybridized carbons (Fsp3) is 0.261. The summed E-state index contributed by atoms with van der Waals surface area (Å²) in [6.07, 6.45) is 4.06. The molecule has 4 heterocycles. The molecule has 0 radical (unpaired) electrons. The van der Waals surface area contributed by atoms with Gasteiger partial charge in [0.2, 0.25) is 0 Å². The van der Waals surface area contributed by atoms with Gasteiger partial charge in [-0.15, -0.1) is 0 Å². The Morgan fingerprint density at radius 1 is 1.19 bits per heavy atom. The van der Waals surface area contributed by atoms with Crippen molar-refractivity contribution in [2.75, 3.05) is 19.0 Å². The van der Waals surface area contributed by atoms with Gasteiger partial charge in [0.05, 0.1) is 29.6 Å². The van der Waals surface area contributed by atoms with Crippen molar-refractivity contribution in [3.8, 4) is 23.0 Å². The summed E-state index contributed by atoms with van der Waals surface area (Å²) in [7, 11) is -3.36. The minimum Gasteiger partial charge on any atom is -0.455 e. The molecule has 9 heteroatoms. The zero-order valence-electron chi connectivity index (χ0n) is 17.5. The van der Waals surface area contributed by atoms with Crippen LogP contribution < -0.4 is 4.74 Å². The van der Waals surface area contributed by atoms with Crippen molar-refractivity contribution in [2.45, 2.75) is 24.3 Å². The number of sulfone groups is 1. The number of fused-ring (bicyclic) bond motifs is 1. The topological polar surface area (TPSA) is 107 Å². The molecule has 1 aliphatic heterocycles. The third kappa shape index (κ3) is 3.96. The minimum atomic E-state index is -3.36. The molecule has 8 nitrogen and oxygen atoms in total. The van der Waals surface area contributed by atoms with Crippen molar-refractivity contribution < 1.29 is 17.9 Å². The second kappa shape index (κ2) is 8.33. The molecule has 1 N–H and O–H groups in total. The summed E-state index contributed by atoms with van der Waals surface area (Å²) in [5.74, 6) is 1.99. The van der Waals surface area contributed by atoms with Gasteiger partial charge in [0.1, 0.15) is 17.2 Å². The van der Waals surface area contributed by atoms with Crippen molar-refractivity contribution in [3.63, 3.8) is 0 Å². The predicted molar refractivity (Wildman–Crippen MR) is 120 cm³/mol. The third-order valence-electron chi connectivity index (χ3n) is 5.53. The Kier molecular flexibility index (Phi) is 5.36. The molecule has 4 aromatic rings. The van der Waals surface area contributed by atoms with Gasteiger partial charge >= 0.3 is 0 Å². The van der Waals surface area contributed by atoms with Crippen LogP contribution in [0, 0.1) is 0 Å². The first-order chi connectivity index (χ1) is 15.5. The second-order valence-electron chi connectivity index (χ2n) is 7.61. The number of aromatic amines is 1. The lowest BCUT2D eigenvalue weighted by atomic mass is 9.97. The SMILES string of the molecule is CCS(=O)(=O)c1ccc(Oc2cc3nc(-c4ccccn4)[nH]c3cc2C2CCOC2)cn1. The van der Waals surface area contributed by atoms with Gasteiger partial charge in [-0.1, -0.05) is 13.0 Å². The van der Waals surface area contributed by atoms with Gasteiger partial charge in [0, 0.05) is 30.4 Å².